The molecule has 2 N–H and O–H groups in total. The van der Waals surface area contributed by atoms with Gasteiger partial charge in [-0.3, -0.25) is 9.69 Å². The Kier molecular flexibility index (Phi) is 6.99. The summed E-state index contributed by atoms with van der Waals surface area (Å²) in [6.07, 6.45) is 0. The van der Waals surface area contributed by atoms with Crippen molar-refractivity contribution in [3.63, 3.8) is 0 Å². The molecule has 1 rings (SSSR count). The molecule has 6 nitrogen and oxygen atoms in total. The Labute approximate surface area is 132 Å². The number of hydrogen-bond acceptors (Lipinski definition) is 4. The number of rotatable bonds is 8. The number of hydrogen-bond donors (Lipinski definition) is 2. The highest BCUT2D eigenvalue weighted by Gasteiger charge is 2.17. The van der Waals surface area contributed by atoms with Crippen LogP contribution in [-0.2, 0) is 14.8 Å². The molecule has 0 aromatic heterocycles. The van der Waals surface area contributed by atoms with Gasteiger partial charge in [0.15, 0.2) is 0 Å². The molecule has 0 saturated heterocycles. The quantitative estimate of drug-likeness (QED) is 0.761. The van der Waals surface area contributed by atoms with Crippen LogP contribution in [0, 0.1) is 0 Å². The monoisotopic (exact) mass is 327 g/mol. The molecule has 1 unspecified atom stereocenters. The van der Waals surface area contributed by atoms with Crippen LogP contribution in [0.4, 0.5) is 5.69 Å². The van der Waals surface area contributed by atoms with E-state index in [1.807, 2.05) is 6.92 Å². The van der Waals surface area contributed by atoms with Crippen molar-refractivity contribution in [2.75, 3.05) is 25.0 Å². The zero-order valence-corrected chi connectivity index (χ0v) is 14.4. The van der Waals surface area contributed by atoms with Crippen molar-refractivity contribution in [1.29, 1.82) is 0 Å². The summed E-state index contributed by atoms with van der Waals surface area (Å²) >= 11 is 0. The third-order valence-electron chi connectivity index (χ3n) is 3.49. The van der Waals surface area contributed by atoms with Crippen molar-refractivity contribution >= 4 is 21.6 Å². The molecular formula is C15H25N3O3S. The minimum absolute atomic E-state index is 0.128. The van der Waals surface area contributed by atoms with Gasteiger partial charge in [-0.2, -0.15) is 0 Å². The first-order valence-electron chi connectivity index (χ1n) is 7.41. The normalized spacial score (nSPS) is 13.1. The maximum absolute atomic E-state index is 12.3. The van der Waals surface area contributed by atoms with E-state index in [1.54, 1.807) is 12.1 Å². The molecule has 0 fully saturated rings. The summed E-state index contributed by atoms with van der Waals surface area (Å²) in [5, 5.41) is 2.60. The van der Waals surface area contributed by atoms with E-state index in [9.17, 15) is 13.2 Å². The predicted molar refractivity (Wildman–Crippen MR) is 88.3 cm³/mol. The number of benzene rings is 1. The zero-order valence-electron chi connectivity index (χ0n) is 13.6. The minimum atomic E-state index is -3.54. The molecule has 0 radical (unpaired) electrons. The van der Waals surface area contributed by atoms with Crippen LogP contribution >= 0.6 is 0 Å². The van der Waals surface area contributed by atoms with Gasteiger partial charge in [-0.1, -0.05) is 13.8 Å². The molecule has 1 aromatic rings. The Balaban J connectivity index is 2.72. The lowest BCUT2D eigenvalue weighted by atomic mass is 10.3. The molecule has 1 aromatic carbocycles. The lowest BCUT2D eigenvalue weighted by molar-refractivity contribution is -0.114. The highest BCUT2D eigenvalue weighted by molar-refractivity contribution is 7.89. The molecular weight excluding hydrogens is 302 g/mol. The average molecular weight is 327 g/mol. The van der Waals surface area contributed by atoms with Crippen molar-refractivity contribution in [1.82, 2.24) is 9.62 Å². The van der Waals surface area contributed by atoms with Crippen molar-refractivity contribution in [2.24, 2.45) is 0 Å². The summed E-state index contributed by atoms with van der Waals surface area (Å²) in [5.74, 6) is -0.193. The highest BCUT2D eigenvalue weighted by atomic mass is 32.2. The molecule has 0 aliphatic carbocycles. The lowest BCUT2D eigenvalue weighted by Crippen LogP contribution is -2.41. The van der Waals surface area contributed by atoms with E-state index in [2.05, 4.69) is 28.8 Å². The third kappa shape index (κ3) is 5.40. The summed E-state index contributed by atoms with van der Waals surface area (Å²) < 4.78 is 27.1. The van der Waals surface area contributed by atoms with Gasteiger partial charge in [-0.05, 0) is 44.3 Å². The number of nitrogens with zero attached hydrogens (tertiary/aromatic N) is 1. The van der Waals surface area contributed by atoms with Crippen LogP contribution < -0.4 is 10.0 Å². The first kappa shape index (κ1) is 18.6. The molecule has 124 valence electrons. The molecule has 0 aliphatic rings. The van der Waals surface area contributed by atoms with Crippen molar-refractivity contribution < 1.29 is 13.2 Å². The van der Waals surface area contributed by atoms with Crippen LogP contribution in [0.5, 0.6) is 0 Å². The fourth-order valence-corrected chi connectivity index (χ4v) is 3.33. The topological polar surface area (TPSA) is 78.5 Å². The number of sulfonamides is 1. The van der Waals surface area contributed by atoms with E-state index in [-0.39, 0.29) is 16.8 Å². The Morgan fingerprint density at radius 1 is 1.18 bits per heavy atom. The highest BCUT2D eigenvalue weighted by Crippen LogP contribution is 2.14. The largest absolute Gasteiger partial charge is 0.326 e. The molecule has 0 spiro atoms. The molecule has 0 aliphatic heterocycles. The minimum Gasteiger partial charge on any atom is -0.326 e. The standard InChI is InChI=1S/C15H25N3O3S/c1-5-18(6-2)12(3)11-16-22(20,21)15-9-7-14(8-10-15)17-13(4)19/h7-10,12,16H,5-6,11H2,1-4H3,(H,17,19). The second-order valence-corrected chi connectivity index (χ2v) is 6.89. The number of nitrogens with one attached hydrogen (secondary N) is 2. The average Bonchev–Trinajstić information content (AvgIpc) is 2.46. The molecule has 0 saturated carbocycles. The van der Waals surface area contributed by atoms with Crippen molar-refractivity contribution in [3.05, 3.63) is 24.3 Å². The fraction of sp³-hybridized carbons (Fsp3) is 0.533. The van der Waals surface area contributed by atoms with Gasteiger partial charge in [0.2, 0.25) is 15.9 Å². The summed E-state index contributed by atoms with van der Waals surface area (Å²) in [6, 6.07) is 6.24. The molecule has 0 bridgehead atoms. The first-order chi connectivity index (χ1) is 10.3. The van der Waals surface area contributed by atoms with E-state index in [1.165, 1.54) is 19.1 Å². The molecule has 1 amide bonds. The Morgan fingerprint density at radius 2 is 1.73 bits per heavy atom. The van der Waals surface area contributed by atoms with Crippen LogP contribution in [0.15, 0.2) is 29.2 Å². The van der Waals surface area contributed by atoms with E-state index >= 15 is 0 Å². The summed E-state index contributed by atoms with van der Waals surface area (Å²) in [5.41, 5.74) is 0.572. The molecule has 1 atom stereocenters. The zero-order chi connectivity index (χ0) is 16.8. The van der Waals surface area contributed by atoms with Gasteiger partial charge in [0, 0.05) is 25.2 Å². The first-order valence-corrected chi connectivity index (χ1v) is 8.89. The van der Waals surface area contributed by atoms with Crippen LogP contribution in [0.3, 0.4) is 0 Å². The van der Waals surface area contributed by atoms with E-state index in [4.69, 9.17) is 0 Å². The second kappa shape index (κ2) is 8.26. The van der Waals surface area contributed by atoms with Gasteiger partial charge in [0.1, 0.15) is 0 Å². The molecule has 22 heavy (non-hydrogen) atoms. The van der Waals surface area contributed by atoms with E-state index < -0.39 is 10.0 Å². The second-order valence-electron chi connectivity index (χ2n) is 5.13. The van der Waals surface area contributed by atoms with E-state index in [0.717, 1.165) is 13.1 Å². The Bertz CT molecular complexity index is 581. The summed E-state index contributed by atoms with van der Waals surface area (Å²) in [6.45, 7) is 9.62. The van der Waals surface area contributed by atoms with Crippen molar-refractivity contribution in [3.8, 4) is 0 Å². The Morgan fingerprint density at radius 3 is 2.18 bits per heavy atom. The van der Waals surface area contributed by atoms with E-state index in [0.29, 0.717) is 12.2 Å². The molecule has 7 heteroatoms. The summed E-state index contributed by atoms with van der Waals surface area (Å²) in [7, 11) is -3.54. The smallest absolute Gasteiger partial charge is 0.240 e. The number of amides is 1. The van der Waals surface area contributed by atoms with Crippen LogP contribution in [0.2, 0.25) is 0 Å². The van der Waals surface area contributed by atoms with Gasteiger partial charge in [0.05, 0.1) is 4.90 Å². The summed E-state index contributed by atoms with van der Waals surface area (Å²) in [4.78, 5) is 13.3. The maximum atomic E-state index is 12.3. The Hall–Kier alpha value is -1.44. The van der Waals surface area contributed by atoms with Gasteiger partial charge in [-0.25, -0.2) is 13.1 Å². The SMILES string of the molecule is CCN(CC)C(C)CNS(=O)(=O)c1ccc(NC(C)=O)cc1. The van der Waals surface area contributed by atoms with Gasteiger partial charge in [0.25, 0.3) is 0 Å². The number of likely N-dealkylation sites (N-methyl/N-ethyl adjacent to an activating group) is 1. The van der Waals surface area contributed by atoms with Gasteiger partial charge in [-0.15, -0.1) is 0 Å². The maximum Gasteiger partial charge on any atom is 0.240 e. The molecule has 0 heterocycles. The van der Waals surface area contributed by atoms with Gasteiger partial charge < -0.3 is 5.32 Å². The number of carbonyl (C=O) groups excluding carboxylic acids is 1. The van der Waals surface area contributed by atoms with Crippen LogP contribution in [0.1, 0.15) is 27.7 Å². The number of carbonyl (C=O) groups is 1. The van der Waals surface area contributed by atoms with Crippen molar-refractivity contribution in [2.45, 2.75) is 38.6 Å². The predicted octanol–water partition coefficient (Wildman–Crippen LogP) is 1.65. The van der Waals surface area contributed by atoms with Gasteiger partial charge >= 0.3 is 0 Å². The van der Waals surface area contributed by atoms with Crippen LogP contribution in [-0.4, -0.2) is 44.9 Å². The number of anilines is 1. The van der Waals surface area contributed by atoms with Crippen LogP contribution in [0.25, 0.3) is 0 Å². The lowest BCUT2D eigenvalue weighted by Gasteiger charge is -2.26. The third-order valence-corrected chi connectivity index (χ3v) is 4.93. The fourth-order valence-electron chi connectivity index (χ4n) is 2.21.